The predicted molar refractivity (Wildman–Crippen MR) is 67.3 cm³/mol. The Morgan fingerprint density at radius 3 is 2.38 bits per heavy atom. The van der Waals surface area contributed by atoms with Gasteiger partial charge in [-0.15, -0.1) is 0 Å². The summed E-state index contributed by atoms with van der Waals surface area (Å²) in [6.45, 7) is 12.1. The van der Waals surface area contributed by atoms with Crippen molar-refractivity contribution in [1.29, 1.82) is 0 Å². The van der Waals surface area contributed by atoms with Gasteiger partial charge < -0.3 is 10.2 Å². The van der Waals surface area contributed by atoms with Crippen molar-refractivity contribution in [3.63, 3.8) is 0 Å². The highest BCUT2D eigenvalue weighted by Crippen LogP contribution is 2.22. The van der Waals surface area contributed by atoms with E-state index in [9.17, 15) is 4.79 Å². The standard InChI is InChI=1S/C13H26N2O/c1-6-10-9-15(11(7-2)8-14-10)12(16)13(3,4)5/h10-11,14H,6-9H2,1-5H3. The molecule has 1 aliphatic rings. The predicted octanol–water partition coefficient (Wildman–Crippen LogP) is 2.02. The van der Waals surface area contributed by atoms with Gasteiger partial charge in [-0.3, -0.25) is 4.79 Å². The molecular weight excluding hydrogens is 200 g/mol. The van der Waals surface area contributed by atoms with Crippen LogP contribution < -0.4 is 5.32 Å². The van der Waals surface area contributed by atoms with E-state index >= 15 is 0 Å². The first kappa shape index (κ1) is 13.5. The highest BCUT2D eigenvalue weighted by Gasteiger charge is 2.34. The minimum absolute atomic E-state index is 0.261. The summed E-state index contributed by atoms with van der Waals surface area (Å²) in [4.78, 5) is 14.4. The maximum atomic E-state index is 12.3. The van der Waals surface area contributed by atoms with Gasteiger partial charge in [0.2, 0.25) is 5.91 Å². The second-order valence-corrected chi connectivity index (χ2v) is 5.78. The van der Waals surface area contributed by atoms with E-state index in [2.05, 4.69) is 24.1 Å². The Kier molecular flexibility index (Phi) is 4.36. The molecule has 1 rings (SSSR count). The van der Waals surface area contributed by atoms with Crippen LogP contribution in [-0.2, 0) is 4.79 Å². The average molecular weight is 226 g/mol. The number of rotatable bonds is 2. The molecule has 16 heavy (non-hydrogen) atoms. The molecule has 0 aromatic heterocycles. The fourth-order valence-electron chi connectivity index (χ4n) is 2.18. The molecule has 0 radical (unpaired) electrons. The Morgan fingerprint density at radius 1 is 1.31 bits per heavy atom. The van der Waals surface area contributed by atoms with Crippen LogP contribution in [0.25, 0.3) is 0 Å². The van der Waals surface area contributed by atoms with Crippen LogP contribution in [0, 0.1) is 5.41 Å². The van der Waals surface area contributed by atoms with Crippen molar-refractivity contribution in [3.05, 3.63) is 0 Å². The van der Waals surface area contributed by atoms with E-state index in [1.807, 2.05) is 20.8 Å². The lowest BCUT2D eigenvalue weighted by Crippen LogP contribution is -2.59. The lowest BCUT2D eigenvalue weighted by Gasteiger charge is -2.42. The van der Waals surface area contributed by atoms with Crippen LogP contribution in [0.15, 0.2) is 0 Å². The first-order valence-corrected chi connectivity index (χ1v) is 6.44. The zero-order valence-electron chi connectivity index (χ0n) is 11.3. The number of amides is 1. The quantitative estimate of drug-likeness (QED) is 0.781. The summed E-state index contributed by atoms with van der Waals surface area (Å²) in [6, 6.07) is 0.837. The molecule has 1 fully saturated rings. The zero-order valence-corrected chi connectivity index (χ0v) is 11.3. The molecule has 2 unspecified atom stereocenters. The third-order valence-electron chi connectivity index (χ3n) is 3.37. The van der Waals surface area contributed by atoms with Gasteiger partial charge in [-0.1, -0.05) is 34.6 Å². The summed E-state index contributed by atoms with van der Waals surface area (Å²) >= 11 is 0. The van der Waals surface area contributed by atoms with Gasteiger partial charge in [0, 0.05) is 30.6 Å². The van der Waals surface area contributed by atoms with Gasteiger partial charge in [0.05, 0.1) is 0 Å². The van der Waals surface area contributed by atoms with Gasteiger partial charge in [-0.05, 0) is 12.8 Å². The lowest BCUT2D eigenvalue weighted by atomic mass is 9.92. The Labute approximate surface area is 99.6 Å². The molecular formula is C13H26N2O. The number of nitrogens with zero attached hydrogens (tertiary/aromatic N) is 1. The Balaban J connectivity index is 2.76. The van der Waals surface area contributed by atoms with Crippen molar-refractivity contribution < 1.29 is 4.79 Å². The van der Waals surface area contributed by atoms with Gasteiger partial charge in [0.1, 0.15) is 0 Å². The van der Waals surface area contributed by atoms with E-state index < -0.39 is 0 Å². The molecule has 1 aliphatic heterocycles. The molecule has 1 N–H and O–H groups in total. The van der Waals surface area contributed by atoms with Gasteiger partial charge in [0.15, 0.2) is 0 Å². The van der Waals surface area contributed by atoms with Crippen LogP contribution in [0.5, 0.6) is 0 Å². The number of hydrogen-bond donors (Lipinski definition) is 1. The van der Waals surface area contributed by atoms with E-state index in [4.69, 9.17) is 0 Å². The van der Waals surface area contributed by atoms with Gasteiger partial charge in [-0.25, -0.2) is 0 Å². The molecule has 1 saturated heterocycles. The van der Waals surface area contributed by atoms with E-state index in [1.54, 1.807) is 0 Å². The maximum absolute atomic E-state index is 12.3. The molecule has 0 aromatic carbocycles. The van der Waals surface area contributed by atoms with E-state index in [0.717, 1.165) is 25.9 Å². The van der Waals surface area contributed by atoms with Gasteiger partial charge in [-0.2, -0.15) is 0 Å². The lowest BCUT2D eigenvalue weighted by molar-refractivity contribution is -0.143. The number of piperazine rings is 1. The van der Waals surface area contributed by atoms with Gasteiger partial charge in [0.25, 0.3) is 0 Å². The molecule has 94 valence electrons. The minimum atomic E-state index is -0.261. The van der Waals surface area contributed by atoms with Crippen LogP contribution in [-0.4, -0.2) is 36.0 Å². The first-order chi connectivity index (χ1) is 7.40. The summed E-state index contributed by atoms with van der Waals surface area (Å²) in [5, 5.41) is 3.51. The van der Waals surface area contributed by atoms with E-state index in [1.165, 1.54) is 0 Å². The fourth-order valence-corrected chi connectivity index (χ4v) is 2.18. The Hall–Kier alpha value is -0.570. The third kappa shape index (κ3) is 2.97. The van der Waals surface area contributed by atoms with Crippen molar-refractivity contribution in [3.8, 4) is 0 Å². The van der Waals surface area contributed by atoms with Gasteiger partial charge >= 0.3 is 0 Å². The topological polar surface area (TPSA) is 32.3 Å². The van der Waals surface area contributed by atoms with Crippen LogP contribution in [0.2, 0.25) is 0 Å². The summed E-state index contributed by atoms with van der Waals surface area (Å²) < 4.78 is 0. The fraction of sp³-hybridized carbons (Fsp3) is 0.923. The van der Waals surface area contributed by atoms with Crippen LogP contribution in [0.3, 0.4) is 0 Å². The molecule has 0 aliphatic carbocycles. The van der Waals surface area contributed by atoms with Crippen molar-refractivity contribution in [2.45, 2.75) is 59.5 Å². The second-order valence-electron chi connectivity index (χ2n) is 5.78. The highest BCUT2D eigenvalue weighted by atomic mass is 16.2. The monoisotopic (exact) mass is 226 g/mol. The second kappa shape index (κ2) is 5.17. The van der Waals surface area contributed by atoms with Crippen molar-refractivity contribution >= 4 is 5.91 Å². The number of hydrogen-bond acceptors (Lipinski definition) is 2. The van der Waals surface area contributed by atoms with E-state index in [-0.39, 0.29) is 5.41 Å². The van der Waals surface area contributed by atoms with Crippen molar-refractivity contribution in [1.82, 2.24) is 10.2 Å². The summed E-state index contributed by atoms with van der Waals surface area (Å²) in [5.74, 6) is 0.291. The molecule has 1 amide bonds. The number of carbonyl (C=O) groups is 1. The molecule has 0 bridgehead atoms. The van der Waals surface area contributed by atoms with Crippen LogP contribution in [0.1, 0.15) is 47.5 Å². The number of nitrogens with one attached hydrogen (secondary N) is 1. The largest absolute Gasteiger partial charge is 0.336 e. The molecule has 0 aromatic rings. The maximum Gasteiger partial charge on any atom is 0.228 e. The molecule has 0 saturated carbocycles. The smallest absolute Gasteiger partial charge is 0.228 e. The summed E-state index contributed by atoms with van der Waals surface area (Å²) in [7, 11) is 0. The molecule has 3 nitrogen and oxygen atoms in total. The minimum Gasteiger partial charge on any atom is -0.336 e. The third-order valence-corrected chi connectivity index (χ3v) is 3.37. The molecule has 2 atom stereocenters. The Morgan fingerprint density at radius 2 is 1.94 bits per heavy atom. The SMILES string of the molecule is CCC1CN(C(=O)C(C)(C)C)C(CC)CN1. The zero-order chi connectivity index (χ0) is 12.3. The van der Waals surface area contributed by atoms with Crippen molar-refractivity contribution in [2.24, 2.45) is 5.41 Å². The molecule has 1 heterocycles. The summed E-state index contributed by atoms with van der Waals surface area (Å²) in [5.41, 5.74) is -0.261. The first-order valence-electron chi connectivity index (χ1n) is 6.44. The van der Waals surface area contributed by atoms with Crippen molar-refractivity contribution in [2.75, 3.05) is 13.1 Å². The molecule has 3 heteroatoms. The van der Waals surface area contributed by atoms with Crippen LogP contribution in [0.4, 0.5) is 0 Å². The normalized spacial score (nSPS) is 26.9. The van der Waals surface area contributed by atoms with Crippen LogP contribution >= 0.6 is 0 Å². The highest BCUT2D eigenvalue weighted by molar-refractivity contribution is 5.82. The molecule has 0 spiro atoms. The average Bonchev–Trinajstić information content (AvgIpc) is 2.25. The number of carbonyl (C=O) groups excluding carboxylic acids is 1. The van der Waals surface area contributed by atoms with E-state index in [0.29, 0.717) is 18.0 Å². The Bertz CT molecular complexity index is 245. The summed E-state index contributed by atoms with van der Waals surface area (Å²) in [6.07, 6.45) is 2.12.